The lowest BCUT2D eigenvalue weighted by Crippen LogP contribution is -2.31. The second-order valence-electron chi connectivity index (χ2n) is 7.84. The highest BCUT2D eigenvalue weighted by Crippen LogP contribution is 2.34. The summed E-state index contributed by atoms with van der Waals surface area (Å²) in [5.74, 6) is 0.506. The maximum atomic E-state index is 13.3. The molecule has 1 unspecified atom stereocenters. The van der Waals surface area contributed by atoms with Crippen molar-refractivity contribution in [3.63, 3.8) is 0 Å². The van der Waals surface area contributed by atoms with Gasteiger partial charge in [0.25, 0.3) is 5.91 Å². The van der Waals surface area contributed by atoms with Crippen molar-refractivity contribution in [3.05, 3.63) is 76.1 Å². The molecule has 2 aromatic carbocycles. The Balaban J connectivity index is 1.59. The molecule has 0 aliphatic carbocycles. The highest BCUT2D eigenvalue weighted by atomic mass is 35.5. The summed E-state index contributed by atoms with van der Waals surface area (Å²) >= 11 is 5.89. The fourth-order valence-electron chi connectivity index (χ4n) is 3.89. The van der Waals surface area contributed by atoms with Gasteiger partial charge < -0.3 is 14.2 Å². The van der Waals surface area contributed by atoms with Crippen LogP contribution in [0.4, 0.5) is 0 Å². The third kappa shape index (κ3) is 5.05. The summed E-state index contributed by atoms with van der Waals surface area (Å²) in [5.41, 5.74) is 1.75. The molecule has 174 valence electrons. The molecule has 1 N–H and O–H groups in total. The molecule has 3 aromatic rings. The molecule has 33 heavy (non-hydrogen) atoms. The molecule has 10 heteroatoms. The third-order valence-corrected chi connectivity index (χ3v) is 7.24. The van der Waals surface area contributed by atoms with Crippen molar-refractivity contribution in [3.8, 4) is 5.75 Å². The smallest absolute Gasteiger partial charge is 0.254 e. The molecular formula is C23H24ClN3O5S. The van der Waals surface area contributed by atoms with Crippen molar-refractivity contribution in [1.82, 2.24) is 14.8 Å². The molecule has 1 aliphatic heterocycles. The normalized spacial score (nSPS) is 16.2. The molecule has 4 rings (SSSR count). The van der Waals surface area contributed by atoms with Gasteiger partial charge in [0.2, 0.25) is 10.0 Å². The van der Waals surface area contributed by atoms with Crippen LogP contribution in [-0.4, -0.2) is 38.0 Å². The predicted octanol–water partition coefficient (Wildman–Crippen LogP) is 4.10. The first-order chi connectivity index (χ1) is 15.8. The van der Waals surface area contributed by atoms with Crippen molar-refractivity contribution < 1.29 is 22.5 Å². The van der Waals surface area contributed by atoms with Gasteiger partial charge in [0.05, 0.1) is 18.8 Å². The van der Waals surface area contributed by atoms with Crippen LogP contribution < -0.4 is 9.46 Å². The number of sulfonamides is 1. The summed E-state index contributed by atoms with van der Waals surface area (Å²) in [4.78, 5) is 14.9. The average molecular weight is 490 g/mol. The second kappa shape index (κ2) is 9.54. The van der Waals surface area contributed by atoms with Crippen molar-refractivity contribution in [2.45, 2.75) is 37.2 Å². The van der Waals surface area contributed by atoms with Gasteiger partial charge in [0, 0.05) is 29.7 Å². The van der Waals surface area contributed by atoms with E-state index in [4.69, 9.17) is 20.9 Å². The van der Waals surface area contributed by atoms with E-state index in [0.29, 0.717) is 17.3 Å². The highest BCUT2D eigenvalue weighted by molar-refractivity contribution is 7.89. The summed E-state index contributed by atoms with van der Waals surface area (Å²) in [6, 6.07) is 12.9. The summed E-state index contributed by atoms with van der Waals surface area (Å²) in [6.07, 6.45) is 1.57. The number of hydrogen-bond acceptors (Lipinski definition) is 6. The lowest BCUT2D eigenvalue weighted by atomic mass is 10.1. The Hall–Kier alpha value is -2.88. The zero-order valence-corrected chi connectivity index (χ0v) is 19.8. The summed E-state index contributed by atoms with van der Waals surface area (Å²) < 4.78 is 39.4. The van der Waals surface area contributed by atoms with Gasteiger partial charge in [0.1, 0.15) is 10.6 Å². The number of methoxy groups -OCH3 is 1. The number of carbonyl (C=O) groups excluding carboxylic acids is 1. The molecular weight excluding hydrogens is 466 g/mol. The van der Waals surface area contributed by atoms with E-state index in [1.807, 2.05) is 13.0 Å². The van der Waals surface area contributed by atoms with Crippen LogP contribution in [0, 0.1) is 6.92 Å². The van der Waals surface area contributed by atoms with E-state index >= 15 is 0 Å². The first kappa shape index (κ1) is 23.3. The maximum absolute atomic E-state index is 13.3. The zero-order chi connectivity index (χ0) is 23.6. The van der Waals surface area contributed by atoms with Crippen LogP contribution >= 0.6 is 11.6 Å². The largest absolute Gasteiger partial charge is 0.495 e. The van der Waals surface area contributed by atoms with Crippen LogP contribution in [0.5, 0.6) is 5.75 Å². The van der Waals surface area contributed by atoms with Crippen molar-refractivity contribution >= 4 is 27.5 Å². The molecule has 0 spiro atoms. The van der Waals surface area contributed by atoms with Gasteiger partial charge in [-0.25, -0.2) is 13.1 Å². The monoisotopic (exact) mass is 489 g/mol. The molecule has 1 aromatic heterocycles. The van der Waals surface area contributed by atoms with Gasteiger partial charge in [-0.1, -0.05) is 28.9 Å². The summed E-state index contributed by atoms with van der Waals surface area (Å²) in [6.45, 7) is 2.44. The first-order valence-electron chi connectivity index (χ1n) is 10.4. The molecule has 1 amide bonds. The SMILES string of the molecule is COc1ccc(C(=O)N2CCCC2c2cc(C)no2)cc1S(=O)(=O)NCc1ccc(Cl)cc1. The fraction of sp³-hybridized carbons (Fsp3) is 0.304. The molecule has 0 saturated carbocycles. The predicted molar refractivity (Wildman–Crippen MR) is 123 cm³/mol. The lowest BCUT2D eigenvalue weighted by molar-refractivity contribution is 0.0714. The minimum absolute atomic E-state index is 0.0693. The van der Waals surface area contributed by atoms with Crippen molar-refractivity contribution in [2.24, 2.45) is 0 Å². The standard InChI is InChI=1S/C23H24ClN3O5S/c1-15-12-21(32-26-15)19-4-3-11-27(19)23(28)17-7-10-20(31-2)22(13-17)33(29,30)25-14-16-5-8-18(24)9-6-16/h5-10,12-13,19,25H,3-4,11,14H2,1-2H3. The Bertz CT molecular complexity index is 1260. The number of nitrogens with zero attached hydrogens (tertiary/aromatic N) is 2. The van der Waals surface area contributed by atoms with Crippen LogP contribution in [0.2, 0.25) is 5.02 Å². The van der Waals surface area contributed by atoms with Crippen molar-refractivity contribution in [2.75, 3.05) is 13.7 Å². The Morgan fingerprint density at radius 1 is 1.24 bits per heavy atom. The van der Waals surface area contributed by atoms with Gasteiger partial charge >= 0.3 is 0 Å². The van der Waals surface area contributed by atoms with E-state index in [1.165, 1.54) is 19.2 Å². The minimum Gasteiger partial charge on any atom is -0.495 e. The Morgan fingerprint density at radius 3 is 2.67 bits per heavy atom. The fourth-order valence-corrected chi connectivity index (χ4v) is 5.23. The van der Waals surface area contributed by atoms with Gasteiger partial charge in [-0.15, -0.1) is 0 Å². The number of carbonyl (C=O) groups is 1. The topological polar surface area (TPSA) is 102 Å². The number of aryl methyl sites for hydroxylation is 1. The van der Waals surface area contributed by atoms with Crippen LogP contribution in [-0.2, 0) is 16.6 Å². The Morgan fingerprint density at radius 2 is 2.00 bits per heavy atom. The number of ether oxygens (including phenoxy) is 1. The van der Waals surface area contributed by atoms with Crippen LogP contribution in [0.15, 0.2) is 57.9 Å². The van der Waals surface area contributed by atoms with Gasteiger partial charge in [-0.2, -0.15) is 0 Å². The molecule has 1 atom stereocenters. The van der Waals surface area contributed by atoms with E-state index in [2.05, 4.69) is 9.88 Å². The number of nitrogens with one attached hydrogen (secondary N) is 1. The number of hydrogen-bond donors (Lipinski definition) is 1. The molecule has 1 aliphatic rings. The van der Waals surface area contributed by atoms with E-state index in [9.17, 15) is 13.2 Å². The average Bonchev–Trinajstić information content (AvgIpc) is 3.46. The van der Waals surface area contributed by atoms with Gasteiger partial charge in [-0.3, -0.25) is 4.79 Å². The lowest BCUT2D eigenvalue weighted by Gasteiger charge is -2.23. The molecule has 0 radical (unpaired) electrons. The van der Waals surface area contributed by atoms with E-state index in [-0.39, 0.29) is 34.7 Å². The summed E-state index contributed by atoms with van der Waals surface area (Å²) in [7, 11) is -2.57. The minimum atomic E-state index is -3.96. The molecule has 8 nitrogen and oxygen atoms in total. The summed E-state index contributed by atoms with van der Waals surface area (Å²) in [5, 5.41) is 4.49. The van der Waals surface area contributed by atoms with Crippen LogP contribution in [0.25, 0.3) is 0 Å². The van der Waals surface area contributed by atoms with Gasteiger partial charge in [0.15, 0.2) is 5.76 Å². The maximum Gasteiger partial charge on any atom is 0.254 e. The third-order valence-electron chi connectivity index (χ3n) is 5.57. The second-order valence-corrected chi connectivity index (χ2v) is 10.0. The molecule has 1 saturated heterocycles. The number of likely N-dealkylation sites (tertiary alicyclic amines) is 1. The van der Waals surface area contributed by atoms with Gasteiger partial charge in [-0.05, 0) is 55.7 Å². The number of amides is 1. The zero-order valence-electron chi connectivity index (χ0n) is 18.2. The van der Waals surface area contributed by atoms with Crippen molar-refractivity contribution in [1.29, 1.82) is 0 Å². The molecule has 2 heterocycles. The Kier molecular flexibility index (Phi) is 6.73. The number of halogens is 1. The first-order valence-corrected chi connectivity index (χ1v) is 12.3. The molecule has 0 bridgehead atoms. The van der Waals surface area contributed by atoms with Crippen LogP contribution in [0.1, 0.15) is 46.3 Å². The van der Waals surface area contributed by atoms with E-state index in [0.717, 1.165) is 24.1 Å². The van der Waals surface area contributed by atoms with E-state index < -0.39 is 10.0 Å². The number of benzene rings is 2. The number of aromatic nitrogens is 1. The van der Waals surface area contributed by atoms with E-state index in [1.54, 1.807) is 35.2 Å². The quantitative estimate of drug-likeness (QED) is 0.536. The van der Waals surface area contributed by atoms with Crippen LogP contribution in [0.3, 0.4) is 0 Å². The Labute approximate surface area is 197 Å². The highest BCUT2D eigenvalue weighted by Gasteiger charge is 2.34. The number of rotatable bonds is 7. The molecule has 1 fully saturated rings.